The highest BCUT2D eigenvalue weighted by Gasteiger charge is 2.17. The van der Waals surface area contributed by atoms with Crippen molar-refractivity contribution in [3.8, 4) is 17.4 Å². The molecule has 1 N–H and O–H groups in total. The van der Waals surface area contributed by atoms with Crippen molar-refractivity contribution in [3.05, 3.63) is 53.7 Å². The SMILES string of the molecule is COc1cc(N2CCN(C)CC2)ccc1Nc1ncc(Cl)c(Oc2ccccc2N=C=S)n1. The summed E-state index contributed by atoms with van der Waals surface area (Å²) in [7, 11) is 3.78. The number of halogens is 1. The van der Waals surface area contributed by atoms with E-state index in [1.165, 1.54) is 6.20 Å². The van der Waals surface area contributed by atoms with E-state index in [0.717, 1.165) is 37.6 Å². The van der Waals surface area contributed by atoms with Crippen LogP contribution in [0.3, 0.4) is 0 Å². The summed E-state index contributed by atoms with van der Waals surface area (Å²) in [5.74, 6) is 1.65. The molecule has 1 aromatic heterocycles. The summed E-state index contributed by atoms with van der Waals surface area (Å²) in [4.78, 5) is 17.4. The summed E-state index contributed by atoms with van der Waals surface area (Å²) in [5.41, 5.74) is 2.37. The van der Waals surface area contributed by atoms with Gasteiger partial charge in [0.2, 0.25) is 11.8 Å². The van der Waals surface area contributed by atoms with Crippen molar-refractivity contribution in [1.82, 2.24) is 14.9 Å². The van der Waals surface area contributed by atoms with E-state index in [4.69, 9.17) is 33.3 Å². The van der Waals surface area contributed by atoms with E-state index in [2.05, 4.69) is 48.4 Å². The second-order valence-corrected chi connectivity index (χ2v) is 8.01. The summed E-state index contributed by atoms with van der Waals surface area (Å²) in [6, 6.07) is 13.2. The quantitative estimate of drug-likeness (QED) is 0.365. The molecule has 170 valence electrons. The molecule has 0 atom stereocenters. The molecule has 0 unspecified atom stereocenters. The first kappa shape index (κ1) is 22.9. The van der Waals surface area contributed by atoms with Crippen LogP contribution >= 0.6 is 23.8 Å². The Hall–Kier alpha value is -3.23. The number of hydrogen-bond donors (Lipinski definition) is 1. The first-order chi connectivity index (χ1) is 16.1. The van der Waals surface area contributed by atoms with E-state index in [-0.39, 0.29) is 10.9 Å². The zero-order chi connectivity index (χ0) is 23.2. The lowest BCUT2D eigenvalue weighted by Crippen LogP contribution is -2.44. The molecule has 10 heteroatoms. The molecule has 3 aromatic rings. The fraction of sp³-hybridized carbons (Fsp3) is 0.261. The maximum absolute atomic E-state index is 6.28. The first-order valence-electron chi connectivity index (χ1n) is 10.3. The number of nitrogens with zero attached hydrogens (tertiary/aromatic N) is 5. The number of anilines is 3. The molecule has 0 radical (unpaired) electrons. The molecule has 1 saturated heterocycles. The van der Waals surface area contributed by atoms with Gasteiger partial charge in [-0.3, -0.25) is 0 Å². The number of hydrogen-bond acceptors (Lipinski definition) is 9. The summed E-state index contributed by atoms with van der Waals surface area (Å²) in [6.07, 6.45) is 1.47. The van der Waals surface area contributed by atoms with Gasteiger partial charge in [-0.05, 0) is 43.5 Å². The smallest absolute Gasteiger partial charge is 0.243 e. The van der Waals surface area contributed by atoms with E-state index in [9.17, 15) is 0 Å². The van der Waals surface area contributed by atoms with E-state index in [1.807, 2.05) is 24.3 Å². The summed E-state index contributed by atoms with van der Waals surface area (Å²) >= 11 is 11.0. The van der Waals surface area contributed by atoms with Crippen molar-refractivity contribution in [2.45, 2.75) is 0 Å². The monoisotopic (exact) mass is 482 g/mol. The van der Waals surface area contributed by atoms with Gasteiger partial charge in [0.05, 0.1) is 24.2 Å². The molecule has 8 nitrogen and oxygen atoms in total. The number of nitrogens with one attached hydrogen (secondary N) is 1. The molecule has 2 heterocycles. The van der Waals surface area contributed by atoms with Crippen LogP contribution in [-0.2, 0) is 0 Å². The molecule has 0 spiro atoms. The minimum Gasteiger partial charge on any atom is -0.494 e. The number of benzene rings is 2. The minimum absolute atomic E-state index is 0.189. The van der Waals surface area contributed by atoms with Gasteiger partial charge in [0.25, 0.3) is 0 Å². The number of para-hydroxylation sites is 2. The van der Waals surface area contributed by atoms with Crippen LogP contribution in [-0.4, -0.2) is 60.4 Å². The molecular formula is C23H23ClN6O2S. The predicted octanol–water partition coefficient (Wildman–Crippen LogP) is 5.16. The Morgan fingerprint density at radius 2 is 1.91 bits per heavy atom. The summed E-state index contributed by atoms with van der Waals surface area (Å²) in [6.45, 7) is 4.01. The van der Waals surface area contributed by atoms with Crippen LogP contribution < -0.4 is 19.7 Å². The van der Waals surface area contributed by atoms with Gasteiger partial charge >= 0.3 is 0 Å². The Balaban J connectivity index is 1.55. The molecule has 1 aliphatic heterocycles. The first-order valence-corrected chi connectivity index (χ1v) is 11.1. The van der Waals surface area contributed by atoms with Crippen molar-refractivity contribution in [3.63, 3.8) is 0 Å². The maximum Gasteiger partial charge on any atom is 0.243 e. The number of rotatable bonds is 7. The van der Waals surface area contributed by atoms with Crippen molar-refractivity contribution < 1.29 is 9.47 Å². The van der Waals surface area contributed by atoms with Gasteiger partial charge < -0.3 is 24.6 Å². The lowest BCUT2D eigenvalue weighted by atomic mass is 10.2. The summed E-state index contributed by atoms with van der Waals surface area (Å²) < 4.78 is 11.5. The van der Waals surface area contributed by atoms with E-state index in [1.54, 1.807) is 19.2 Å². The second kappa shape index (κ2) is 10.6. The number of methoxy groups -OCH3 is 1. The van der Waals surface area contributed by atoms with Gasteiger partial charge in [-0.25, -0.2) is 4.98 Å². The molecule has 1 aliphatic rings. The fourth-order valence-corrected chi connectivity index (χ4v) is 3.67. The molecule has 0 saturated carbocycles. The Morgan fingerprint density at radius 1 is 1.12 bits per heavy atom. The van der Waals surface area contributed by atoms with Crippen LogP contribution in [0.15, 0.2) is 53.7 Å². The largest absolute Gasteiger partial charge is 0.494 e. The number of aliphatic imine (C=N–C) groups is 1. The van der Waals surface area contributed by atoms with Gasteiger partial charge in [-0.15, -0.1) is 0 Å². The molecular weight excluding hydrogens is 460 g/mol. The van der Waals surface area contributed by atoms with Gasteiger partial charge in [-0.1, -0.05) is 23.7 Å². The Labute approximate surface area is 202 Å². The second-order valence-electron chi connectivity index (χ2n) is 7.42. The molecule has 33 heavy (non-hydrogen) atoms. The normalized spacial score (nSPS) is 13.8. The molecule has 4 rings (SSSR count). The van der Waals surface area contributed by atoms with Crippen LogP contribution in [0.1, 0.15) is 0 Å². The minimum atomic E-state index is 0.189. The Morgan fingerprint density at radius 3 is 2.67 bits per heavy atom. The van der Waals surface area contributed by atoms with Gasteiger partial charge in [0, 0.05) is 37.9 Å². The van der Waals surface area contributed by atoms with E-state index >= 15 is 0 Å². The third-order valence-corrected chi connectivity index (χ3v) is 5.60. The van der Waals surface area contributed by atoms with Gasteiger partial charge in [0.15, 0.2) is 5.75 Å². The zero-order valence-electron chi connectivity index (χ0n) is 18.3. The highest BCUT2D eigenvalue weighted by Crippen LogP contribution is 2.35. The van der Waals surface area contributed by atoms with Crippen LogP contribution in [0.25, 0.3) is 0 Å². The number of isothiocyanates is 1. The van der Waals surface area contributed by atoms with Gasteiger partial charge in [-0.2, -0.15) is 9.98 Å². The third kappa shape index (κ3) is 5.58. The Kier molecular flexibility index (Phi) is 7.36. The highest BCUT2D eigenvalue weighted by atomic mass is 35.5. The van der Waals surface area contributed by atoms with Crippen molar-refractivity contribution in [2.24, 2.45) is 4.99 Å². The van der Waals surface area contributed by atoms with E-state index in [0.29, 0.717) is 23.1 Å². The average Bonchev–Trinajstić information content (AvgIpc) is 2.83. The molecule has 0 bridgehead atoms. The fourth-order valence-electron chi connectivity index (χ4n) is 3.44. The molecule has 0 amide bonds. The third-order valence-electron chi connectivity index (χ3n) is 5.25. The number of piperazine rings is 1. The van der Waals surface area contributed by atoms with E-state index < -0.39 is 0 Å². The number of aromatic nitrogens is 2. The Bertz CT molecular complexity index is 1180. The van der Waals surface area contributed by atoms with Gasteiger partial charge in [0.1, 0.15) is 16.5 Å². The van der Waals surface area contributed by atoms with Crippen LogP contribution in [0.2, 0.25) is 5.02 Å². The van der Waals surface area contributed by atoms with Crippen molar-refractivity contribution >= 4 is 52.0 Å². The number of likely N-dealkylation sites (N-methyl/N-ethyl adjacent to an activating group) is 1. The van der Waals surface area contributed by atoms with Crippen LogP contribution in [0.5, 0.6) is 17.4 Å². The highest BCUT2D eigenvalue weighted by molar-refractivity contribution is 7.78. The maximum atomic E-state index is 6.28. The predicted molar refractivity (Wildman–Crippen MR) is 134 cm³/mol. The number of ether oxygens (including phenoxy) is 2. The van der Waals surface area contributed by atoms with Crippen LogP contribution in [0, 0.1) is 0 Å². The molecule has 0 aliphatic carbocycles. The average molecular weight is 483 g/mol. The van der Waals surface area contributed by atoms with Crippen molar-refractivity contribution in [1.29, 1.82) is 0 Å². The standard InChI is InChI=1S/C23H23ClN6O2S/c1-29-9-11-30(12-10-29)16-7-8-19(21(13-16)31-2)27-23-25-14-17(24)22(28-23)32-20-6-4-3-5-18(20)26-15-33/h3-8,13-14H,9-12H2,1-2H3,(H,25,27,28). The lowest BCUT2D eigenvalue weighted by Gasteiger charge is -2.34. The topological polar surface area (TPSA) is 75.1 Å². The zero-order valence-corrected chi connectivity index (χ0v) is 19.9. The van der Waals surface area contributed by atoms with Crippen LogP contribution in [0.4, 0.5) is 23.0 Å². The number of thiocarbonyl (C=S) groups is 1. The molecule has 2 aromatic carbocycles. The molecule has 1 fully saturated rings. The van der Waals surface area contributed by atoms with Crippen molar-refractivity contribution in [2.75, 3.05) is 50.6 Å². The summed E-state index contributed by atoms with van der Waals surface area (Å²) in [5, 5.41) is 5.79. The lowest BCUT2D eigenvalue weighted by molar-refractivity contribution is 0.312.